The Labute approximate surface area is 102 Å². The van der Waals surface area contributed by atoms with Crippen LogP contribution in [0.5, 0.6) is 0 Å². The first-order chi connectivity index (χ1) is 8.13. The minimum atomic E-state index is -0.263. The molecule has 1 saturated carbocycles. The van der Waals surface area contributed by atoms with Crippen molar-refractivity contribution < 1.29 is 0 Å². The van der Waals surface area contributed by atoms with Crippen molar-refractivity contribution in [1.29, 1.82) is 0 Å². The third-order valence-electron chi connectivity index (χ3n) is 3.00. The van der Waals surface area contributed by atoms with Crippen molar-refractivity contribution in [3.8, 4) is 0 Å². The molecule has 90 valence electrons. The lowest BCUT2D eigenvalue weighted by Gasteiger charge is -2.31. The van der Waals surface area contributed by atoms with Gasteiger partial charge in [-0.25, -0.2) is 19.3 Å². The Morgan fingerprint density at radius 3 is 3.06 bits per heavy atom. The van der Waals surface area contributed by atoms with E-state index in [1.54, 1.807) is 13.0 Å². The van der Waals surface area contributed by atoms with Crippen molar-refractivity contribution in [2.75, 3.05) is 5.32 Å². The molecule has 0 saturated heterocycles. The highest BCUT2D eigenvalue weighted by Crippen LogP contribution is 2.28. The number of halogens is 1. The number of aryl methyl sites for hydroxylation is 1. The van der Waals surface area contributed by atoms with E-state index in [1.807, 2.05) is 0 Å². The van der Waals surface area contributed by atoms with Gasteiger partial charge in [0.2, 0.25) is 0 Å². The zero-order chi connectivity index (χ0) is 12.0. The van der Waals surface area contributed by atoms with E-state index in [4.69, 9.17) is 11.6 Å². The molecular formula is C10H12ClN5O. The van der Waals surface area contributed by atoms with Crippen LogP contribution in [-0.4, -0.2) is 31.0 Å². The lowest BCUT2D eigenvalue weighted by Crippen LogP contribution is -2.36. The molecule has 0 unspecified atom stereocenters. The number of nitrogens with zero attached hydrogens (tertiary/aromatic N) is 3. The van der Waals surface area contributed by atoms with Crippen LogP contribution in [0.3, 0.4) is 0 Å². The number of rotatable bonds is 2. The van der Waals surface area contributed by atoms with E-state index in [1.165, 1.54) is 4.40 Å². The Morgan fingerprint density at radius 2 is 2.35 bits per heavy atom. The van der Waals surface area contributed by atoms with Crippen LogP contribution in [0.4, 0.5) is 5.82 Å². The Bertz CT molecular complexity index is 613. The van der Waals surface area contributed by atoms with Gasteiger partial charge in [-0.1, -0.05) is 0 Å². The molecule has 0 atom stereocenters. The maximum absolute atomic E-state index is 11.4. The Morgan fingerprint density at radius 1 is 1.59 bits per heavy atom. The van der Waals surface area contributed by atoms with Crippen LogP contribution in [0.15, 0.2) is 10.9 Å². The highest BCUT2D eigenvalue weighted by Gasteiger charge is 2.27. The van der Waals surface area contributed by atoms with E-state index >= 15 is 0 Å². The molecule has 1 fully saturated rings. The second kappa shape index (κ2) is 3.73. The summed E-state index contributed by atoms with van der Waals surface area (Å²) in [6.45, 7) is 1.78. The van der Waals surface area contributed by atoms with Crippen molar-refractivity contribution in [2.45, 2.75) is 31.2 Å². The quantitative estimate of drug-likeness (QED) is 0.780. The molecule has 2 N–H and O–H groups in total. The predicted octanol–water partition coefficient (Wildman–Crippen LogP) is 0.908. The van der Waals surface area contributed by atoms with E-state index in [9.17, 15) is 4.79 Å². The van der Waals surface area contributed by atoms with Crippen LogP contribution in [0.25, 0.3) is 5.65 Å². The lowest BCUT2D eigenvalue weighted by atomic mass is 9.92. The van der Waals surface area contributed by atoms with Gasteiger partial charge in [-0.3, -0.25) is 0 Å². The molecule has 17 heavy (non-hydrogen) atoms. The first kappa shape index (κ1) is 10.6. The summed E-state index contributed by atoms with van der Waals surface area (Å²) in [6, 6.07) is 2.13. The molecule has 1 aliphatic carbocycles. The summed E-state index contributed by atoms with van der Waals surface area (Å²) < 4.78 is 1.44. The number of nitrogens with one attached hydrogen (secondary N) is 2. The minimum Gasteiger partial charge on any atom is -0.367 e. The van der Waals surface area contributed by atoms with Crippen LogP contribution >= 0.6 is 11.6 Å². The third-order valence-corrected chi connectivity index (χ3v) is 3.36. The number of H-pyrrole nitrogens is 1. The van der Waals surface area contributed by atoms with Gasteiger partial charge in [0, 0.05) is 17.5 Å². The summed E-state index contributed by atoms with van der Waals surface area (Å²) in [5, 5.41) is 9.88. The third kappa shape index (κ3) is 1.78. The molecular weight excluding hydrogens is 242 g/mol. The summed E-state index contributed by atoms with van der Waals surface area (Å²) in [5.74, 6) is 1.35. The highest BCUT2D eigenvalue weighted by molar-refractivity contribution is 6.21. The Kier molecular flexibility index (Phi) is 2.32. The lowest BCUT2D eigenvalue weighted by molar-refractivity contribution is 0.453. The second-order valence-electron chi connectivity index (χ2n) is 4.32. The average molecular weight is 254 g/mol. The van der Waals surface area contributed by atoms with Gasteiger partial charge in [0.1, 0.15) is 11.6 Å². The fourth-order valence-corrected chi connectivity index (χ4v) is 2.48. The molecule has 2 heterocycles. The monoisotopic (exact) mass is 253 g/mol. The van der Waals surface area contributed by atoms with Gasteiger partial charge < -0.3 is 5.32 Å². The number of hydrogen-bond acceptors (Lipinski definition) is 4. The Balaban J connectivity index is 1.93. The minimum absolute atomic E-state index is 0.263. The molecule has 6 nitrogen and oxygen atoms in total. The second-order valence-corrected chi connectivity index (χ2v) is 4.94. The van der Waals surface area contributed by atoms with Crippen molar-refractivity contribution in [3.63, 3.8) is 0 Å². The molecule has 0 bridgehead atoms. The molecule has 2 aromatic rings. The number of fused-ring (bicyclic) bond motifs is 1. The topological polar surface area (TPSA) is 75.1 Å². The van der Waals surface area contributed by atoms with Gasteiger partial charge in [0.25, 0.3) is 0 Å². The number of aromatic amines is 1. The first-order valence-corrected chi connectivity index (χ1v) is 5.92. The van der Waals surface area contributed by atoms with E-state index < -0.39 is 0 Å². The van der Waals surface area contributed by atoms with Gasteiger partial charge in [-0.05, 0) is 19.8 Å². The van der Waals surface area contributed by atoms with Crippen molar-refractivity contribution in [2.24, 2.45) is 0 Å². The van der Waals surface area contributed by atoms with Crippen molar-refractivity contribution >= 4 is 23.1 Å². The molecule has 3 rings (SSSR count). The van der Waals surface area contributed by atoms with Gasteiger partial charge in [0.15, 0.2) is 5.65 Å². The standard InChI is InChI=1S/C10H12ClN5O/c1-5-12-8(13-7-2-6(11)3-7)4-9-14-15-10(17)16(5)9/h4,6-7,13H,2-3H2,1H3,(H,15,17). The molecule has 1 aliphatic rings. The van der Waals surface area contributed by atoms with Gasteiger partial charge in [-0.15, -0.1) is 11.6 Å². The molecule has 0 aliphatic heterocycles. The average Bonchev–Trinajstić information content (AvgIpc) is 2.58. The van der Waals surface area contributed by atoms with Crippen LogP contribution < -0.4 is 11.0 Å². The number of anilines is 1. The number of hydrogen-bond donors (Lipinski definition) is 2. The highest BCUT2D eigenvalue weighted by atomic mass is 35.5. The predicted molar refractivity (Wildman–Crippen MR) is 64.6 cm³/mol. The van der Waals surface area contributed by atoms with E-state index in [0.29, 0.717) is 17.5 Å². The van der Waals surface area contributed by atoms with Crippen molar-refractivity contribution in [3.05, 3.63) is 22.4 Å². The zero-order valence-electron chi connectivity index (χ0n) is 9.27. The smallest absolute Gasteiger partial charge is 0.349 e. The number of alkyl halides is 1. The van der Waals surface area contributed by atoms with E-state index in [0.717, 1.165) is 18.7 Å². The number of aromatic nitrogens is 4. The van der Waals surface area contributed by atoms with Crippen LogP contribution in [0, 0.1) is 6.92 Å². The van der Waals surface area contributed by atoms with Gasteiger partial charge >= 0.3 is 5.69 Å². The molecule has 2 aromatic heterocycles. The summed E-state index contributed by atoms with van der Waals surface area (Å²) in [5.41, 5.74) is 0.313. The fraction of sp³-hybridized carbons (Fsp3) is 0.500. The maximum Gasteiger partial charge on any atom is 0.349 e. The molecule has 0 radical (unpaired) electrons. The first-order valence-electron chi connectivity index (χ1n) is 5.49. The summed E-state index contributed by atoms with van der Waals surface area (Å²) >= 11 is 5.92. The largest absolute Gasteiger partial charge is 0.367 e. The van der Waals surface area contributed by atoms with Gasteiger partial charge in [0.05, 0.1) is 0 Å². The van der Waals surface area contributed by atoms with E-state index in [-0.39, 0.29) is 11.1 Å². The molecule has 0 spiro atoms. The SMILES string of the molecule is Cc1nc(NC2CC(Cl)C2)cc2n[nH]c(=O)n12. The molecule has 7 heteroatoms. The summed E-state index contributed by atoms with van der Waals surface area (Å²) in [4.78, 5) is 15.7. The zero-order valence-corrected chi connectivity index (χ0v) is 10.0. The maximum atomic E-state index is 11.4. The Hall–Kier alpha value is -1.56. The summed E-state index contributed by atoms with van der Waals surface area (Å²) in [6.07, 6.45) is 1.89. The fourth-order valence-electron chi connectivity index (χ4n) is 2.05. The molecule has 0 amide bonds. The van der Waals surface area contributed by atoms with Crippen molar-refractivity contribution in [1.82, 2.24) is 19.6 Å². The van der Waals surface area contributed by atoms with Crippen LogP contribution in [-0.2, 0) is 0 Å². The van der Waals surface area contributed by atoms with E-state index in [2.05, 4.69) is 20.5 Å². The van der Waals surface area contributed by atoms with Crippen LogP contribution in [0.2, 0.25) is 0 Å². The van der Waals surface area contributed by atoms with Crippen LogP contribution in [0.1, 0.15) is 18.7 Å². The molecule has 0 aromatic carbocycles. The normalized spacial score (nSPS) is 23.6. The summed E-state index contributed by atoms with van der Waals surface area (Å²) in [7, 11) is 0. The van der Waals surface area contributed by atoms with Gasteiger partial charge in [-0.2, -0.15) is 5.10 Å².